The fraction of sp³-hybridized carbons (Fsp3) is 0.625. The average Bonchev–Trinajstić information content (AvgIpc) is 3.30. The number of aromatic nitrogens is 1. The Balaban J connectivity index is 0.00000161. The van der Waals surface area contributed by atoms with Gasteiger partial charge in [0.15, 0.2) is 0 Å². The molecule has 1 amide bonds. The van der Waals surface area contributed by atoms with Crippen LogP contribution in [0.25, 0.3) is 0 Å². The third-order valence-electron chi connectivity index (χ3n) is 4.43. The van der Waals surface area contributed by atoms with Crippen LogP contribution >= 0.6 is 12.4 Å². The molecular formula is C16H24ClN3O. The number of hydrogen-bond donors (Lipinski definition) is 1. The van der Waals surface area contributed by atoms with Gasteiger partial charge in [0.2, 0.25) is 0 Å². The van der Waals surface area contributed by atoms with Crippen molar-refractivity contribution in [1.29, 1.82) is 0 Å². The van der Waals surface area contributed by atoms with Crippen molar-refractivity contribution >= 4 is 24.0 Å². The third kappa shape index (κ3) is 4.10. The van der Waals surface area contributed by atoms with Crippen LogP contribution in [0.1, 0.15) is 55.4 Å². The summed E-state index contributed by atoms with van der Waals surface area (Å²) in [6, 6.07) is 3.95. The highest BCUT2D eigenvalue weighted by atomic mass is 35.5. The van der Waals surface area contributed by atoms with Gasteiger partial charge < -0.3 is 10.6 Å². The lowest BCUT2D eigenvalue weighted by atomic mass is 9.89. The number of carbonyl (C=O) groups is 1. The first-order valence-electron chi connectivity index (χ1n) is 7.76. The summed E-state index contributed by atoms with van der Waals surface area (Å²) in [5, 5.41) is 0. The number of hydrogen-bond acceptors (Lipinski definition) is 3. The van der Waals surface area contributed by atoms with Gasteiger partial charge in [-0.05, 0) is 43.7 Å². The zero-order chi connectivity index (χ0) is 13.9. The van der Waals surface area contributed by atoms with Gasteiger partial charge in [0, 0.05) is 12.6 Å². The molecule has 0 aliphatic heterocycles. The second kappa shape index (κ2) is 7.12. The van der Waals surface area contributed by atoms with Crippen molar-refractivity contribution in [3.63, 3.8) is 0 Å². The first-order chi connectivity index (χ1) is 9.74. The largest absolute Gasteiger partial charge is 0.397 e. The summed E-state index contributed by atoms with van der Waals surface area (Å²) >= 11 is 0. The molecule has 0 spiro atoms. The molecule has 3 rings (SSSR count). The summed E-state index contributed by atoms with van der Waals surface area (Å²) in [7, 11) is 0. The zero-order valence-corrected chi connectivity index (χ0v) is 13.1. The van der Waals surface area contributed by atoms with Crippen molar-refractivity contribution in [2.45, 2.75) is 51.0 Å². The number of anilines is 1. The lowest BCUT2D eigenvalue weighted by Crippen LogP contribution is -2.38. The Kier molecular flexibility index (Phi) is 5.45. The number of nitrogens with two attached hydrogens (primary N) is 1. The summed E-state index contributed by atoms with van der Waals surface area (Å²) in [6.45, 7) is 0.912. The van der Waals surface area contributed by atoms with Crippen LogP contribution in [0.2, 0.25) is 0 Å². The fourth-order valence-corrected chi connectivity index (χ4v) is 3.11. The first kappa shape index (κ1) is 16.1. The van der Waals surface area contributed by atoms with Crippen molar-refractivity contribution < 1.29 is 4.79 Å². The van der Waals surface area contributed by atoms with Gasteiger partial charge in [-0.2, -0.15) is 0 Å². The van der Waals surface area contributed by atoms with E-state index in [1.165, 1.54) is 32.1 Å². The second-order valence-electron chi connectivity index (χ2n) is 6.17. The van der Waals surface area contributed by atoms with E-state index in [0.717, 1.165) is 19.4 Å². The summed E-state index contributed by atoms with van der Waals surface area (Å²) in [5.74, 6) is 0.764. The minimum Gasteiger partial charge on any atom is -0.397 e. The number of halogens is 1. The molecule has 0 bridgehead atoms. The summed E-state index contributed by atoms with van der Waals surface area (Å²) in [4.78, 5) is 18.9. The van der Waals surface area contributed by atoms with Crippen LogP contribution in [-0.2, 0) is 0 Å². The normalized spacial score (nSPS) is 18.9. The number of nitrogens with zero attached hydrogens (tertiary/aromatic N) is 2. The Morgan fingerprint density at radius 2 is 1.90 bits per heavy atom. The number of carbonyl (C=O) groups excluding carboxylic acids is 1. The van der Waals surface area contributed by atoms with Crippen LogP contribution in [0.3, 0.4) is 0 Å². The van der Waals surface area contributed by atoms with E-state index in [4.69, 9.17) is 5.73 Å². The van der Waals surface area contributed by atoms with Gasteiger partial charge in [0.25, 0.3) is 5.91 Å². The highest BCUT2D eigenvalue weighted by molar-refractivity contribution is 5.92. The van der Waals surface area contributed by atoms with Gasteiger partial charge in [-0.3, -0.25) is 4.79 Å². The van der Waals surface area contributed by atoms with E-state index in [-0.39, 0.29) is 18.3 Å². The quantitative estimate of drug-likeness (QED) is 0.928. The number of nitrogen functional groups attached to an aromatic ring is 1. The first-order valence-corrected chi connectivity index (χ1v) is 7.76. The van der Waals surface area contributed by atoms with Crippen LogP contribution in [0.5, 0.6) is 0 Å². The third-order valence-corrected chi connectivity index (χ3v) is 4.43. The van der Waals surface area contributed by atoms with Gasteiger partial charge in [-0.15, -0.1) is 12.4 Å². The Bertz CT molecular complexity index is 467. The Morgan fingerprint density at radius 1 is 1.19 bits per heavy atom. The number of pyridine rings is 1. The van der Waals surface area contributed by atoms with Gasteiger partial charge in [0.1, 0.15) is 5.69 Å². The molecule has 2 aliphatic rings. The molecule has 4 nitrogen and oxygen atoms in total. The Labute approximate surface area is 132 Å². The molecule has 21 heavy (non-hydrogen) atoms. The maximum Gasteiger partial charge on any atom is 0.272 e. The molecule has 2 aliphatic carbocycles. The number of amides is 1. The van der Waals surface area contributed by atoms with E-state index in [9.17, 15) is 4.79 Å². The van der Waals surface area contributed by atoms with Gasteiger partial charge >= 0.3 is 0 Å². The average molecular weight is 310 g/mol. The van der Waals surface area contributed by atoms with Crippen LogP contribution in [0.4, 0.5) is 5.69 Å². The molecule has 1 aromatic heterocycles. The zero-order valence-electron chi connectivity index (χ0n) is 12.3. The molecule has 0 saturated heterocycles. The standard InChI is InChI=1S/C16H23N3O.ClH/c17-13-6-9-15(18-10-13)16(20)19(14-7-8-14)11-12-4-2-1-3-5-12;/h6,9-10,12,14H,1-5,7-8,11,17H2;1H. The van der Waals surface area contributed by atoms with E-state index >= 15 is 0 Å². The lowest BCUT2D eigenvalue weighted by molar-refractivity contribution is 0.0693. The second-order valence-corrected chi connectivity index (χ2v) is 6.17. The van der Waals surface area contributed by atoms with E-state index < -0.39 is 0 Å². The van der Waals surface area contributed by atoms with Crippen molar-refractivity contribution in [2.24, 2.45) is 5.92 Å². The molecule has 116 valence electrons. The van der Waals surface area contributed by atoms with Crippen LogP contribution in [-0.4, -0.2) is 28.4 Å². The van der Waals surface area contributed by atoms with E-state index in [2.05, 4.69) is 9.88 Å². The minimum atomic E-state index is 0. The molecule has 0 radical (unpaired) electrons. The lowest BCUT2D eigenvalue weighted by Gasteiger charge is -2.29. The van der Waals surface area contributed by atoms with E-state index in [1.807, 2.05) is 0 Å². The summed E-state index contributed by atoms with van der Waals surface area (Å²) < 4.78 is 0. The fourth-order valence-electron chi connectivity index (χ4n) is 3.11. The molecule has 0 aromatic carbocycles. The monoisotopic (exact) mass is 309 g/mol. The van der Waals surface area contributed by atoms with Gasteiger partial charge in [0.05, 0.1) is 11.9 Å². The van der Waals surface area contributed by atoms with Gasteiger partial charge in [-0.25, -0.2) is 4.98 Å². The molecule has 5 heteroatoms. The predicted molar refractivity (Wildman–Crippen MR) is 86.5 cm³/mol. The van der Waals surface area contributed by atoms with Crippen molar-refractivity contribution in [1.82, 2.24) is 9.88 Å². The van der Waals surface area contributed by atoms with E-state index in [1.54, 1.807) is 18.3 Å². The van der Waals surface area contributed by atoms with Crippen LogP contribution < -0.4 is 5.73 Å². The minimum absolute atomic E-state index is 0. The SMILES string of the molecule is Cl.Nc1ccc(C(=O)N(CC2CCCCC2)C2CC2)nc1. The van der Waals surface area contributed by atoms with Crippen molar-refractivity contribution in [3.8, 4) is 0 Å². The highest BCUT2D eigenvalue weighted by Gasteiger charge is 2.35. The Morgan fingerprint density at radius 3 is 2.48 bits per heavy atom. The van der Waals surface area contributed by atoms with Crippen molar-refractivity contribution in [3.05, 3.63) is 24.0 Å². The number of rotatable bonds is 4. The molecular weight excluding hydrogens is 286 g/mol. The molecule has 2 N–H and O–H groups in total. The maximum absolute atomic E-state index is 12.6. The predicted octanol–water partition coefficient (Wildman–Crippen LogP) is 3.27. The molecule has 2 saturated carbocycles. The van der Waals surface area contributed by atoms with E-state index in [0.29, 0.717) is 23.3 Å². The molecule has 0 unspecified atom stereocenters. The van der Waals surface area contributed by atoms with Gasteiger partial charge in [-0.1, -0.05) is 19.3 Å². The summed E-state index contributed by atoms with van der Waals surface area (Å²) in [5.41, 5.74) is 6.77. The van der Waals surface area contributed by atoms with Crippen LogP contribution in [0, 0.1) is 5.92 Å². The molecule has 0 atom stereocenters. The van der Waals surface area contributed by atoms with Crippen LogP contribution in [0.15, 0.2) is 18.3 Å². The highest BCUT2D eigenvalue weighted by Crippen LogP contribution is 2.32. The molecule has 1 aromatic rings. The molecule has 1 heterocycles. The topological polar surface area (TPSA) is 59.2 Å². The smallest absolute Gasteiger partial charge is 0.272 e. The van der Waals surface area contributed by atoms with Crippen molar-refractivity contribution in [2.75, 3.05) is 12.3 Å². The maximum atomic E-state index is 12.6. The Hall–Kier alpha value is -1.29. The molecule has 2 fully saturated rings. The summed E-state index contributed by atoms with van der Waals surface area (Å²) in [6.07, 6.45) is 10.4.